The van der Waals surface area contributed by atoms with Gasteiger partial charge in [-0.25, -0.2) is 0 Å². The van der Waals surface area contributed by atoms with E-state index in [2.05, 4.69) is 13.8 Å². The van der Waals surface area contributed by atoms with Crippen LogP contribution in [-0.2, 0) is 9.59 Å². The van der Waals surface area contributed by atoms with E-state index in [1.54, 1.807) is 0 Å². The highest BCUT2D eigenvalue weighted by molar-refractivity contribution is 5.72. The molecule has 0 aliphatic heterocycles. The molecule has 4 nitrogen and oxygen atoms in total. The predicted octanol–water partition coefficient (Wildman–Crippen LogP) is 2.87. The van der Waals surface area contributed by atoms with Crippen molar-refractivity contribution in [2.45, 2.75) is 46.0 Å². The summed E-state index contributed by atoms with van der Waals surface area (Å²) in [6, 6.07) is 0. The molecule has 2 saturated carbocycles. The SMILES string of the molecule is CCC1C(C)CC(C(=O)O)C2CCC(C(=O)O)CC12. The van der Waals surface area contributed by atoms with Crippen molar-refractivity contribution in [3.05, 3.63) is 0 Å². The van der Waals surface area contributed by atoms with E-state index in [9.17, 15) is 19.8 Å². The Kier molecular flexibility index (Phi) is 4.16. The Hall–Kier alpha value is -1.06. The second-order valence-electron chi connectivity index (χ2n) is 6.41. The highest BCUT2D eigenvalue weighted by Gasteiger charge is 2.48. The lowest BCUT2D eigenvalue weighted by molar-refractivity contribution is -0.153. The third-order valence-corrected chi connectivity index (χ3v) is 5.52. The standard InChI is InChI=1S/C15H24O4/c1-3-10-8(2)6-13(15(18)19)11-5-4-9(14(16)17)7-12(10)11/h8-13H,3-7H2,1-2H3,(H,16,17)(H,18,19). The zero-order chi connectivity index (χ0) is 14.2. The van der Waals surface area contributed by atoms with E-state index >= 15 is 0 Å². The zero-order valence-electron chi connectivity index (χ0n) is 11.7. The van der Waals surface area contributed by atoms with Crippen molar-refractivity contribution in [1.82, 2.24) is 0 Å². The van der Waals surface area contributed by atoms with Crippen molar-refractivity contribution in [2.75, 3.05) is 0 Å². The van der Waals surface area contributed by atoms with Crippen molar-refractivity contribution in [3.8, 4) is 0 Å². The first-order valence-electron chi connectivity index (χ1n) is 7.41. The normalized spacial score (nSPS) is 42.4. The lowest BCUT2D eigenvalue weighted by Crippen LogP contribution is -2.46. The van der Waals surface area contributed by atoms with Crippen LogP contribution in [0, 0.1) is 35.5 Å². The Labute approximate surface area is 114 Å². The molecule has 2 N–H and O–H groups in total. The van der Waals surface area contributed by atoms with Gasteiger partial charge in [-0.05, 0) is 49.4 Å². The molecule has 0 aromatic rings. The van der Waals surface area contributed by atoms with Gasteiger partial charge in [0.2, 0.25) is 0 Å². The van der Waals surface area contributed by atoms with Crippen LogP contribution >= 0.6 is 0 Å². The first kappa shape index (κ1) is 14.4. The fourth-order valence-electron chi connectivity index (χ4n) is 4.61. The summed E-state index contributed by atoms with van der Waals surface area (Å²) in [5.41, 5.74) is 0. The van der Waals surface area contributed by atoms with Gasteiger partial charge < -0.3 is 10.2 Å². The van der Waals surface area contributed by atoms with Crippen molar-refractivity contribution in [2.24, 2.45) is 35.5 Å². The molecule has 4 heteroatoms. The second-order valence-corrected chi connectivity index (χ2v) is 6.41. The molecule has 0 aromatic carbocycles. The number of rotatable bonds is 3. The summed E-state index contributed by atoms with van der Waals surface area (Å²) in [7, 11) is 0. The topological polar surface area (TPSA) is 74.6 Å². The van der Waals surface area contributed by atoms with E-state index in [1.807, 2.05) is 0 Å². The van der Waals surface area contributed by atoms with Gasteiger partial charge in [-0.1, -0.05) is 20.3 Å². The van der Waals surface area contributed by atoms with Gasteiger partial charge in [0.15, 0.2) is 0 Å². The average Bonchev–Trinajstić information content (AvgIpc) is 2.36. The Bertz CT molecular complexity index is 365. The number of carboxylic acids is 2. The van der Waals surface area contributed by atoms with Crippen LogP contribution in [-0.4, -0.2) is 22.2 Å². The van der Waals surface area contributed by atoms with Gasteiger partial charge in [-0.2, -0.15) is 0 Å². The smallest absolute Gasteiger partial charge is 0.306 e. The maximum Gasteiger partial charge on any atom is 0.306 e. The van der Waals surface area contributed by atoms with E-state index in [4.69, 9.17) is 0 Å². The molecular weight excluding hydrogens is 244 g/mol. The number of hydrogen-bond acceptors (Lipinski definition) is 2. The van der Waals surface area contributed by atoms with Crippen LogP contribution in [0.25, 0.3) is 0 Å². The highest BCUT2D eigenvalue weighted by atomic mass is 16.4. The van der Waals surface area contributed by atoms with Gasteiger partial charge in [-0.15, -0.1) is 0 Å². The van der Waals surface area contributed by atoms with Crippen LogP contribution in [0.2, 0.25) is 0 Å². The number of fused-ring (bicyclic) bond motifs is 1. The van der Waals surface area contributed by atoms with E-state index in [-0.39, 0.29) is 23.7 Å². The first-order chi connectivity index (χ1) is 8.95. The molecule has 0 radical (unpaired) electrons. The van der Waals surface area contributed by atoms with Gasteiger partial charge in [-0.3, -0.25) is 9.59 Å². The van der Waals surface area contributed by atoms with Gasteiger partial charge in [0.1, 0.15) is 0 Å². The Morgan fingerprint density at radius 1 is 1.05 bits per heavy atom. The summed E-state index contributed by atoms with van der Waals surface area (Å²) >= 11 is 0. The average molecular weight is 268 g/mol. The van der Waals surface area contributed by atoms with Crippen LogP contribution in [0.4, 0.5) is 0 Å². The third kappa shape index (κ3) is 2.63. The van der Waals surface area contributed by atoms with E-state index in [0.29, 0.717) is 24.7 Å². The summed E-state index contributed by atoms with van der Waals surface area (Å²) < 4.78 is 0. The molecule has 0 amide bonds. The Balaban J connectivity index is 2.22. The van der Waals surface area contributed by atoms with Crippen LogP contribution in [0.15, 0.2) is 0 Å². The van der Waals surface area contributed by atoms with Crippen LogP contribution < -0.4 is 0 Å². The van der Waals surface area contributed by atoms with Crippen LogP contribution in [0.3, 0.4) is 0 Å². The maximum absolute atomic E-state index is 11.4. The largest absolute Gasteiger partial charge is 0.481 e. The van der Waals surface area contributed by atoms with Crippen molar-refractivity contribution >= 4 is 11.9 Å². The quantitative estimate of drug-likeness (QED) is 0.825. The molecule has 0 aromatic heterocycles. The summed E-state index contributed by atoms with van der Waals surface area (Å²) in [5.74, 6) is -0.585. The van der Waals surface area contributed by atoms with Gasteiger partial charge >= 0.3 is 11.9 Å². The van der Waals surface area contributed by atoms with Gasteiger partial charge in [0.25, 0.3) is 0 Å². The minimum atomic E-state index is -0.710. The van der Waals surface area contributed by atoms with Crippen LogP contribution in [0.1, 0.15) is 46.0 Å². The van der Waals surface area contributed by atoms with Crippen molar-refractivity contribution < 1.29 is 19.8 Å². The summed E-state index contributed by atoms with van der Waals surface area (Å²) in [6.07, 6.45) is 3.87. The molecule has 108 valence electrons. The molecule has 6 unspecified atom stereocenters. The molecule has 6 atom stereocenters. The molecule has 2 fully saturated rings. The monoisotopic (exact) mass is 268 g/mol. The zero-order valence-corrected chi connectivity index (χ0v) is 11.7. The van der Waals surface area contributed by atoms with Crippen LogP contribution in [0.5, 0.6) is 0 Å². The molecule has 2 aliphatic carbocycles. The second kappa shape index (κ2) is 5.51. The summed E-state index contributed by atoms with van der Waals surface area (Å²) in [4.78, 5) is 22.7. The summed E-state index contributed by atoms with van der Waals surface area (Å²) in [6.45, 7) is 4.27. The molecule has 0 spiro atoms. The minimum Gasteiger partial charge on any atom is -0.481 e. The number of carboxylic acid groups (broad SMARTS) is 2. The summed E-state index contributed by atoms with van der Waals surface area (Å²) in [5, 5.41) is 18.6. The van der Waals surface area contributed by atoms with E-state index in [1.165, 1.54) is 0 Å². The van der Waals surface area contributed by atoms with Gasteiger partial charge in [0, 0.05) is 0 Å². The number of carbonyl (C=O) groups is 2. The molecule has 0 bridgehead atoms. The molecule has 2 aliphatic rings. The lowest BCUT2D eigenvalue weighted by Gasteiger charge is -2.48. The Morgan fingerprint density at radius 2 is 1.74 bits per heavy atom. The van der Waals surface area contributed by atoms with Gasteiger partial charge in [0.05, 0.1) is 11.8 Å². The fraction of sp³-hybridized carbons (Fsp3) is 0.867. The minimum absolute atomic E-state index is 0.189. The third-order valence-electron chi connectivity index (χ3n) is 5.52. The fourth-order valence-corrected chi connectivity index (χ4v) is 4.61. The molecule has 0 heterocycles. The lowest BCUT2D eigenvalue weighted by atomic mass is 9.55. The Morgan fingerprint density at radius 3 is 2.26 bits per heavy atom. The molecule has 19 heavy (non-hydrogen) atoms. The number of aliphatic carboxylic acids is 2. The first-order valence-corrected chi connectivity index (χ1v) is 7.41. The van der Waals surface area contributed by atoms with E-state index < -0.39 is 11.9 Å². The molecular formula is C15H24O4. The highest BCUT2D eigenvalue weighted by Crippen LogP contribution is 2.51. The maximum atomic E-state index is 11.4. The van der Waals surface area contributed by atoms with Crippen molar-refractivity contribution in [1.29, 1.82) is 0 Å². The van der Waals surface area contributed by atoms with E-state index in [0.717, 1.165) is 19.3 Å². The molecule has 0 saturated heterocycles. The molecule has 2 rings (SSSR count). The predicted molar refractivity (Wildman–Crippen MR) is 70.6 cm³/mol. The van der Waals surface area contributed by atoms with Crippen molar-refractivity contribution in [3.63, 3.8) is 0 Å². The number of hydrogen-bond donors (Lipinski definition) is 2.